The van der Waals surface area contributed by atoms with Crippen LogP contribution in [0.25, 0.3) is 0 Å². The summed E-state index contributed by atoms with van der Waals surface area (Å²) in [6.07, 6.45) is 0. The smallest absolute Gasteiger partial charge is 0.127 e. The van der Waals surface area contributed by atoms with E-state index in [-0.39, 0.29) is 5.92 Å². The summed E-state index contributed by atoms with van der Waals surface area (Å²) in [7, 11) is 3.17. The van der Waals surface area contributed by atoms with Crippen molar-refractivity contribution in [2.24, 2.45) is 0 Å². The summed E-state index contributed by atoms with van der Waals surface area (Å²) >= 11 is 0. The number of hydrogen-bond acceptors (Lipinski definition) is 3. The first-order valence-electron chi connectivity index (χ1n) is 4.35. The highest BCUT2D eigenvalue weighted by molar-refractivity contribution is 5.48. The van der Waals surface area contributed by atoms with Gasteiger partial charge in [0, 0.05) is 0 Å². The fourth-order valence-electron chi connectivity index (χ4n) is 1.37. The minimum Gasteiger partial charge on any atom is -0.496 e. The third-order valence-corrected chi connectivity index (χ3v) is 2.09. The van der Waals surface area contributed by atoms with E-state index in [2.05, 4.69) is 6.07 Å². The largest absolute Gasteiger partial charge is 0.496 e. The van der Waals surface area contributed by atoms with Crippen LogP contribution in [0, 0.1) is 11.3 Å². The molecule has 0 fully saturated rings. The second kappa shape index (κ2) is 4.52. The van der Waals surface area contributed by atoms with Gasteiger partial charge in [-0.25, -0.2) is 0 Å². The van der Waals surface area contributed by atoms with Crippen molar-refractivity contribution in [3.05, 3.63) is 23.8 Å². The van der Waals surface area contributed by atoms with Crippen LogP contribution in [0.2, 0.25) is 0 Å². The number of nitrogens with zero attached hydrogens (tertiary/aromatic N) is 1. The van der Waals surface area contributed by atoms with Gasteiger partial charge in [0.15, 0.2) is 0 Å². The number of rotatable bonds is 3. The normalized spacial score (nSPS) is 11.6. The Morgan fingerprint density at radius 3 is 2.07 bits per heavy atom. The number of nitriles is 1. The van der Waals surface area contributed by atoms with E-state index in [1.54, 1.807) is 14.2 Å². The molecule has 0 aliphatic carbocycles. The fraction of sp³-hybridized carbons (Fsp3) is 0.364. The Labute approximate surface area is 83.9 Å². The second-order valence-electron chi connectivity index (χ2n) is 2.93. The standard InChI is InChI=1S/C11H13NO2/c1-8(7-12)11-9(13-2)5-4-6-10(11)14-3/h4-6,8H,1-3H3. The van der Waals surface area contributed by atoms with Gasteiger partial charge < -0.3 is 9.47 Å². The fourth-order valence-corrected chi connectivity index (χ4v) is 1.37. The van der Waals surface area contributed by atoms with Crippen molar-refractivity contribution < 1.29 is 9.47 Å². The maximum Gasteiger partial charge on any atom is 0.127 e. The highest BCUT2D eigenvalue weighted by atomic mass is 16.5. The summed E-state index contributed by atoms with van der Waals surface area (Å²) in [6, 6.07) is 7.66. The van der Waals surface area contributed by atoms with E-state index in [1.807, 2.05) is 25.1 Å². The lowest BCUT2D eigenvalue weighted by Crippen LogP contribution is -1.99. The van der Waals surface area contributed by atoms with Gasteiger partial charge in [-0.2, -0.15) is 5.26 Å². The van der Waals surface area contributed by atoms with Gasteiger partial charge in [0.05, 0.1) is 31.8 Å². The summed E-state index contributed by atoms with van der Waals surface area (Å²) in [5.74, 6) is 1.15. The van der Waals surface area contributed by atoms with Crippen molar-refractivity contribution in [3.8, 4) is 17.6 Å². The average Bonchev–Trinajstić information content (AvgIpc) is 2.26. The minimum atomic E-state index is -0.235. The number of hydrogen-bond donors (Lipinski definition) is 0. The monoisotopic (exact) mass is 191 g/mol. The van der Waals surface area contributed by atoms with Crippen molar-refractivity contribution >= 4 is 0 Å². The summed E-state index contributed by atoms with van der Waals surface area (Å²) in [4.78, 5) is 0. The van der Waals surface area contributed by atoms with E-state index >= 15 is 0 Å². The molecular formula is C11H13NO2. The zero-order valence-electron chi connectivity index (χ0n) is 8.57. The SMILES string of the molecule is COc1cccc(OC)c1C(C)C#N. The molecule has 14 heavy (non-hydrogen) atoms. The molecule has 0 bridgehead atoms. The Hall–Kier alpha value is -1.69. The lowest BCUT2D eigenvalue weighted by molar-refractivity contribution is 0.384. The predicted octanol–water partition coefficient (Wildman–Crippen LogP) is 2.33. The van der Waals surface area contributed by atoms with Crippen molar-refractivity contribution in [1.82, 2.24) is 0 Å². The Bertz CT molecular complexity index is 333. The topological polar surface area (TPSA) is 42.2 Å². The van der Waals surface area contributed by atoms with E-state index in [9.17, 15) is 0 Å². The first kappa shape index (κ1) is 10.4. The van der Waals surface area contributed by atoms with E-state index < -0.39 is 0 Å². The molecule has 1 atom stereocenters. The van der Waals surface area contributed by atoms with Gasteiger partial charge in [-0.15, -0.1) is 0 Å². The highest BCUT2D eigenvalue weighted by Gasteiger charge is 2.15. The van der Waals surface area contributed by atoms with Crippen LogP contribution in [0.1, 0.15) is 18.4 Å². The molecule has 0 aliphatic rings. The van der Waals surface area contributed by atoms with E-state index in [4.69, 9.17) is 14.7 Å². The van der Waals surface area contributed by atoms with Crippen LogP contribution in [0.4, 0.5) is 0 Å². The summed E-state index contributed by atoms with van der Waals surface area (Å²) in [6.45, 7) is 1.82. The van der Waals surface area contributed by atoms with Crippen molar-refractivity contribution in [2.75, 3.05) is 14.2 Å². The first-order valence-corrected chi connectivity index (χ1v) is 4.35. The quantitative estimate of drug-likeness (QED) is 0.736. The van der Waals surface area contributed by atoms with E-state index in [0.717, 1.165) is 5.56 Å². The highest BCUT2D eigenvalue weighted by Crippen LogP contribution is 2.34. The van der Waals surface area contributed by atoms with Gasteiger partial charge in [0.2, 0.25) is 0 Å². The second-order valence-corrected chi connectivity index (χ2v) is 2.93. The zero-order chi connectivity index (χ0) is 10.6. The third-order valence-electron chi connectivity index (χ3n) is 2.09. The molecule has 0 spiro atoms. The van der Waals surface area contributed by atoms with Crippen LogP contribution in [-0.2, 0) is 0 Å². The molecule has 74 valence electrons. The molecule has 0 aromatic heterocycles. The van der Waals surface area contributed by atoms with Gasteiger partial charge in [-0.3, -0.25) is 0 Å². The van der Waals surface area contributed by atoms with Crippen LogP contribution in [0.3, 0.4) is 0 Å². The summed E-state index contributed by atoms with van der Waals surface area (Å²) < 4.78 is 10.4. The van der Waals surface area contributed by atoms with Crippen molar-refractivity contribution in [3.63, 3.8) is 0 Å². The molecule has 3 heteroatoms. The molecule has 0 saturated heterocycles. The number of ether oxygens (including phenoxy) is 2. The summed E-state index contributed by atoms with van der Waals surface area (Å²) in [5, 5.41) is 8.87. The van der Waals surface area contributed by atoms with Gasteiger partial charge in [-0.1, -0.05) is 6.07 Å². The third kappa shape index (κ3) is 1.80. The van der Waals surface area contributed by atoms with Gasteiger partial charge in [-0.05, 0) is 19.1 Å². The lowest BCUT2D eigenvalue weighted by Gasteiger charge is -2.13. The number of benzene rings is 1. The molecule has 1 aromatic carbocycles. The van der Waals surface area contributed by atoms with Crippen LogP contribution >= 0.6 is 0 Å². The molecule has 3 nitrogen and oxygen atoms in total. The Kier molecular flexibility index (Phi) is 3.35. The Morgan fingerprint density at radius 1 is 1.21 bits per heavy atom. The molecule has 1 aromatic rings. The zero-order valence-corrected chi connectivity index (χ0v) is 8.57. The molecular weight excluding hydrogens is 178 g/mol. The lowest BCUT2D eigenvalue weighted by atomic mass is 10.0. The van der Waals surface area contributed by atoms with Crippen LogP contribution in [0.15, 0.2) is 18.2 Å². The van der Waals surface area contributed by atoms with Crippen molar-refractivity contribution in [2.45, 2.75) is 12.8 Å². The molecule has 0 radical (unpaired) electrons. The van der Waals surface area contributed by atoms with E-state index in [0.29, 0.717) is 11.5 Å². The van der Waals surface area contributed by atoms with Crippen molar-refractivity contribution in [1.29, 1.82) is 5.26 Å². The molecule has 0 amide bonds. The molecule has 0 aliphatic heterocycles. The average molecular weight is 191 g/mol. The molecule has 0 N–H and O–H groups in total. The van der Waals surface area contributed by atoms with Gasteiger partial charge in [0.25, 0.3) is 0 Å². The number of methoxy groups -OCH3 is 2. The molecule has 0 saturated carbocycles. The van der Waals surface area contributed by atoms with E-state index in [1.165, 1.54) is 0 Å². The predicted molar refractivity (Wildman–Crippen MR) is 53.6 cm³/mol. The minimum absolute atomic E-state index is 0.235. The Balaban J connectivity index is 3.27. The summed E-state index contributed by atoms with van der Waals surface area (Å²) in [5.41, 5.74) is 0.806. The van der Waals surface area contributed by atoms with Gasteiger partial charge in [0.1, 0.15) is 11.5 Å². The maximum atomic E-state index is 8.87. The van der Waals surface area contributed by atoms with Gasteiger partial charge >= 0.3 is 0 Å². The van der Waals surface area contributed by atoms with Crippen LogP contribution in [-0.4, -0.2) is 14.2 Å². The Morgan fingerprint density at radius 2 is 1.71 bits per heavy atom. The van der Waals surface area contributed by atoms with Crippen LogP contribution in [0.5, 0.6) is 11.5 Å². The molecule has 1 unspecified atom stereocenters. The molecule has 1 rings (SSSR count). The first-order chi connectivity index (χ1) is 6.74. The maximum absolute atomic E-state index is 8.87. The molecule has 0 heterocycles. The van der Waals surface area contributed by atoms with Crippen LogP contribution < -0.4 is 9.47 Å².